The molecule has 0 spiro atoms. The van der Waals surface area contributed by atoms with Crippen LogP contribution in [0.3, 0.4) is 0 Å². The van der Waals surface area contributed by atoms with E-state index in [1.54, 1.807) is 4.90 Å². The van der Waals surface area contributed by atoms with Gasteiger partial charge in [0.05, 0.1) is 0 Å². The van der Waals surface area contributed by atoms with Gasteiger partial charge in [-0.2, -0.15) is 0 Å². The van der Waals surface area contributed by atoms with Crippen LogP contribution in [0.2, 0.25) is 0 Å². The fourth-order valence-corrected chi connectivity index (χ4v) is 2.63. The molecule has 0 unspecified atom stereocenters. The first-order chi connectivity index (χ1) is 11.5. The molecular formula is C17H15F2N3O2. The molecule has 24 heavy (non-hydrogen) atoms. The number of carbonyl (C=O) groups is 2. The van der Waals surface area contributed by atoms with Crippen LogP contribution in [0.4, 0.5) is 25.0 Å². The van der Waals surface area contributed by atoms with Crippen LogP contribution < -0.4 is 15.5 Å². The van der Waals surface area contributed by atoms with Crippen molar-refractivity contribution in [2.24, 2.45) is 0 Å². The normalized spacial score (nSPS) is 17.0. The van der Waals surface area contributed by atoms with Crippen molar-refractivity contribution in [3.8, 4) is 0 Å². The van der Waals surface area contributed by atoms with Crippen LogP contribution in [-0.2, 0) is 4.79 Å². The number of para-hydroxylation sites is 1. The maximum absolute atomic E-state index is 13.1. The lowest BCUT2D eigenvalue weighted by atomic mass is 10.2. The molecule has 0 saturated carbocycles. The number of halogens is 2. The number of rotatable bonds is 3. The third-order valence-electron chi connectivity index (χ3n) is 3.70. The van der Waals surface area contributed by atoms with Crippen LogP contribution in [0.15, 0.2) is 48.5 Å². The van der Waals surface area contributed by atoms with Crippen LogP contribution in [0, 0.1) is 11.6 Å². The Balaban J connectivity index is 1.62. The van der Waals surface area contributed by atoms with Crippen molar-refractivity contribution in [2.45, 2.75) is 12.5 Å². The van der Waals surface area contributed by atoms with E-state index in [4.69, 9.17) is 0 Å². The molecule has 1 saturated heterocycles. The van der Waals surface area contributed by atoms with Gasteiger partial charge >= 0.3 is 6.03 Å². The molecule has 0 bridgehead atoms. The first-order valence-corrected chi connectivity index (χ1v) is 7.43. The number of urea groups is 1. The molecule has 3 amide bonds. The number of amides is 3. The lowest BCUT2D eigenvalue weighted by molar-refractivity contribution is -0.118. The molecule has 2 aromatic carbocycles. The standard InChI is InChI=1S/C17H15F2N3O2/c18-11-8-12(19)10-13(9-11)20-17(24)21-15-6-7-22(16(15)23)14-4-2-1-3-5-14/h1-5,8-10,15H,6-7H2,(H2,20,21,24)/t15-/m0/s1. The van der Waals surface area contributed by atoms with Crippen molar-refractivity contribution in [3.05, 3.63) is 60.2 Å². The smallest absolute Gasteiger partial charge is 0.319 e. The fourth-order valence-electron chi connectivity index (χ4n) is 2.63. The average Bonchev–Trinajstić information content (AvgIpc) is 2.88. The van der Waals surface area contributed by atoms with Crippen molar-refractivity contribution in [2.75, 3.05) is 16.8 Å². The van der Waals surface area contributed by atoms with Gasteiger partial charge < -0.3 is 15.5 Å². The Labute approximate surface area is 137 Å². The summed E-state index contributed by atoms with van der Waals surface area (Å²) in [6.45, 7) is 0.488. The Bertz CT molecular complexity index is 747. The van der Waals surface area contributed by atoms with Crippen LogP contribution in [0.1, 0.15) is 6.42 Å². The van der Waals surface area contributed by atoms with E-state index in [1.807, 2.05) is 30.3 Å². The van der Waals surface area contributed by atoms with E-state index in [0.29, 0.717) is 19.0 Å². The molecule has 2 aromatic rings. The highest BCUT2D eigenvalue weighted by Crippen LogP contribution is 2.21. The zero-order valence-electron chi connectivity index (χ0n) is 12.6. The number of anilines is 2. The summed E-state index contributed by atoms with van der Waals surface area (Å²) in [4.78, 5) is 25.9. The van der Waals surface area contributed by atoms with Gasteiger partial charge in [0, 0.05) is 24.0 Å². The molecule has 5 nitrogen and oxygen atoms in total. The van der Waals surface area contributed by atoms with Gasteiger partial charge in [0.2, 0.25) is 5.91 Å². The van der Waals surface area contributed by atoms with Crippen molar-refractivity contribution >= 4 is 23.3 Å². The van der Waals surface area contributed by atoms with Gasteiger partial charge in [-0.25, -0.2) is 13.6 Å². The second kappa shape index (κ2) is 6.66. The number of nitrogens with one attached hydrogen (secondary N) is 2. The third-order valence-corrected chi connectivity index (χ3v) is 3.70. The first kappa shape index (κ1) is 15.9. The van der Waals surface area contributed by atoms with Crippen LogP contribution in [0.5, 0.6) is 0 Å². The highest BCUT2D eigenvalue weighted by molar-refractivity contribution is 6.02. The van der Waals surface area contributed by atoms with Crippen molar-refractivity contribution in [1.82, 2.24) is 5.32 Å². The van der Waals surface area contributed by atoms with Crippen LogP contribution in [0.25, 0.3) is 0 Å². The predicted octanol–water partition coefficient (Wildman–Crippen LogP) is 2.89. The molecule has 1 fully saturated rings. The second-order valence-corrected chi connectivity index (χ2v) is 5.42. The monoisotopic (exact) mass is 331 g/mol. The minimum atomic E-state index is -0.794. The lowest BCUT2D eigenvalue weighted by Crippen LogP contribution is -2.43. The van der Waals surface area contributed by atoms with E-state index in [-0.39, 0.29) is 11.6 Å². The summed E-state index contributed by atoms with van der Waals surface area (Å²) >= 11 is 0. The van der Waals surface area contributed by atoms with Gasteiger partial charge in [-0.3, -0.25) is 4.79 Å². The minimum Gasteiger partial charge on any atom is -0.326 e. The van der Waals surface area contributed by atoms with Crippen molar-refractivity contribution < 1.29 is 18.4 Å². The molecule has 1 heterocycles. The molecule has 0 aliphatic carbocycles. The topological polar surface area (TPSA) is 61.4 Å². The zero-order chi connectivity index (χ0) is 17.1. The van der Waals surface area contributed by atoms with E-state index in [9.17, 15) is 18.4 Å². The number of carbonyl (C=O) groups excluding carboxylic acids is 2. The SMILES string of the molecule is O=C(Nc1cc(F)cc(F)c1)N[C@H]1CCN(c2ccccc2)C1=O. The average molecular weight is 331 g/mol. The maximum atomic E-state index is 13.1. The third kappa shape index (κ3) is 3.51. The van der Waals surface area contributed by atoms with Crippen LogP contribution >= 0.6 is 0 Å². The molecule has 3 rings (SSSR count). The van der Waals surface area contributed by atoms with Gasteiger partial charge in [-0.05, 0) is 30.7 Å². The summed E-state index contributed by atoms with van der Waals surface area (Å²) in [6.07, 6.45) is 0.457. The molecule has 0 aromatic heterocycles. The molecule has 1 atom stereocenters. The number of hydrogen-bond acceptors (Lipinski definition) is 2. The molecule has 1 aliphatic rings. The predicted molar refractivity (Wildman–Crippen MR) is 85.7 cm³/mol. The van der Waals surface area contributed by atoms with Crippen molar-refractivity contribution in [1.29, 1.82) is 0 Å². The first-order valence-electron chi connectivity index (χ1n) is 7.43. The molecule has 1 aliphatic heterocycles. The summed E-state index contributed by atoms with van der Waals surface area (Å²) in [5, 5.41) is 4.85. The quantitative estimate of drug-likeness (QED) is 0.908. The zero-order valence-corrected chi connectivity index (χ0v) is 12.6. The number of hydrogen-bond donors (Lipinski definition) is 2. The summed E-state index contributed by atoms with van der Waals surface area (Å²) in [5.74, 6) is -1.81. The fraction of sp³-hybridized carbons (Fsp3) is 0.176. The van der Waals surface area contributed by atoms with E-state index in [1.165, 1.54) is 0 Å². The Morgan fingerprint density at radius 2 is 1.75 bits per heavy atom. The Morgan fingerprint density at radius 3 is 2.42 bits per heavy atom. The molecular weight excluding hydrogens is 316 g/mol. The minimum absolute atomic E-state index is 0.0182. The second-order valence-electron chi connectivity index (χ2n) is 5.42. The number of nitrogens with zero attached hydrogens (tertiary/aromatic N) is 1. The van der Waals surface area contributed by atoms with Gasteiger partial charge in [0.15, 0.2) is 0 Å². The Hall–Kier alpha value is -2.96. The van der Waals surface area contributed by atoms with E-state index in [0.717, 1.165) is 17.8 Å². The van der Waals surface area contributed by atoms with E-state index < -0.39 is 23.7 Å². The molecule has 124 valence electrons. The molecule has 7 heteroatoms. The van der Waals surface area contributed by atoms with Gasteiger partial charge in [-0.15, -0.1) is 0 Å². The van der Waals surface area contributed by atoms with Gasteiger partial charge in [0.25, 0.3) is 0 Å². The number of benzene rings is 2. The Morgan fingerprint density at radius 1 is 1.08 bits per heavy atom. The molecule has 0 radical (unpaired) electrons. The van der Waals surface area contributed by atoms with E-state index in [2.05, 4.69) is 10.6 Å². The summed E-state index contributed by atoms with van der Waals surface area (Å²) in [5.41, 5.74) is 0.745. The summed E-state index contributed by atoms with van der Waals surface area (Å²) in [6, 6.07) is 10.5. The van der Waals surface area contributed by atoms with Crippen molar-refractivity contribution in [3.63, 3.8) is 0 Å². The lowest BCUT2D eigenvalue weighted by Gasteiger charge is -2.17. The van der Waals surface area contributed by atoms with Gasteiger partial charge in [0.1, 0.15) is 17.7 Å². The summed E-state index contributed by atoms with van der Waals surface area (Å²) in [7, 11) is 0. The highest BCUT2D eigenvalue weighted by atomic mass is 19.1. The van der Waals surface area contributed by atoms with Crippen LogP contribution in [-0.4, -0.2) is 24.5 Å². The highest BCUT2D eigenvalue weighted by Gasteiger charge is 2.33. The largest absolute Gasteiger partial charge is 0.326 e. The van der Waals surface area contributed by atoms with Gasteiger partial charge in [-0.1, -0.05) is 18.2 Å². The maximum Gasteiger partial charge on any atom is 0.319 e. The van der Waals surface area contributed by atoms with E-state index >= 15 is 0 Å². The molecule has 2 N–H and O–H groups in total. The Kier molecular flexibility index (Phi) is 4.41. The summed E-state index contributed by atoms with van der Waals surface area (Å²) < 4.78 is 26.2.